The Labute approximate surface area is 530 Å². The van der Waals surface area contributed by atoms with Gasteiger partial charge in [-0.15, -0.1) is 59.5 Å². The van der Waals surface area contributed by atoms with Crippen molar-refractivity contribution >= 4 is 107 Å². The number of aromatic nitrogens is 3. The molecule has 0 fully saturated rings. The minimum absolute atomic E-state index is 0. The van der Waals surface area contributed by atoms with E-state index in [4.69, 9.17) is 4.98 Å². The molecule has 9 heteroatoms. The molecule has 0 bridgehead atoms. The standard InChI is InChI=1S/C65H60BN4S.C13H11FN.Ir/c1-62(2,3)40-22-26-44(27-23-40)68-52-29-24-41(63(4,5)6)34-48(52)66-49-35-43(65(10,11)12)37-58-60(49)69(53-30-25-42(64(7,8)9)36-57(53)71-58)56-33-39(32-55(68)59(56)66)38-21-28-50-54(31-38)70-51-20-16-15-18-46(51)45-17-13-14-19-47(45)61(70)67-50;1-9-7-13(15-8-10(9)2)11-3-5-12(14)6-4-11;/h13-18,20-37H,1-12H3;3,5-8H,1-2H3;/q2*-1;. The summed E-state index contributed by atoms with van der Waals surface area (Å²) >= 11 is 1.95. The molecule has 6 heterocycles. The summed E-state index contributed by atoms with van der Waals surface area (Å²) < 4.78 is 15.1. The van der Waals surface area contributed by atoms with E-state index < -0.39 is 0 Å². The number of anilines is 6. The van der Waals surface area contributed by atoms with Gasteiger partial charge in [-0.1, -0.05) is 173 Å². The van der Waals surface area contributed by atoms with Crippen LogP contribution >= 0.6 is 11.8 Å². The zero-order chi connectivity index (χ0) is 60.1. The van der Waals surface area contributed by atoms with E-state index in [0.29, 0.717) is 0 Å². The van der Waals surface area contributed by atoms with E-state index >= 15 is 0 Å². The maximum absolute atomic E-state index is 12.7. The number of benzene rings is 9. The summed E-state index contributed by atoms with van der Waals surface area (Å²) in [4.78, 5) is 17.5. The van der Waals surface area contributed by atoms with Gasteiger partial charge in [0.2, 0.25) is 0 Å². The molecule has 9 aromatic carbocycles. The first-order valence-corrected chi connectivity index (χ1v) is 31.0. The van der Waals surface area contributed by atoms with Crippen LogP contribution in [0.5, 0.6) is 0 Å². The maximum atomic E-state index is 12.7. The molecular weight excluding hydrogens is 1260 g/mol. The summed E-state index contributed by atoms with van der Waals surface area (Å²) in [6.07, 6.45) is 1.82. The van der Waals surface area contributed by atoms with Gasteiger partial charge in [0.15, 0.2) is 0 Å². The molecule has 0 amide bonds. The van der Waals surface area contributed by atoms with Gasteiger partial charge in [0.05, 0.1) is 28.1 Å². The summed E-state index contributed by atoms with van der Waals surface area (Å²) in [7, 11) is 0. The maximum Gasteiger partial charge on any atom is 0.252 e. The second-order valence-corrected chi connectivity index (χ2v) is 29.2. The largest absolute Gasteiger partial charge is 0.333 e. The number of halogens is 1. The van der Waals surface area contributed by atoms with Crippen molar-refractivity contribution in [3.05, 3.63) is 227 Å². The van der Waals surface area contributed by atoms with Gasteiger partial charge in [-0.05, 0) is 169 Å². The Hall–Kier alpha value is -7.81. The van der Waals surface area contributed by atoms with Crippen LogP contribution < -0.4 is 26.2 Å². The minimum Gasteiger partial charge on any atom is -0.333 e. The first-order valence-electron chi connectivity index (χ1n) is 30.2. The predicted octanol–water partition coefficient (Wildman–Crippen LogP) is 19.3. The van der Waals surface area contributed by atoms with Crippen molar-refractivity contribution in [1.29, 1.82) is 0 Å². The fourth-order valence-corrected chi connectivity index (χ4v) is 14.2. The Kier molecular flexibility index (Phi) is 14.0. The Morgan fingerprint density at radius 3 is 1.85 bits per heavy atom. The normalized spacial score (nSPS) is 13.5. The number of para-hydroxylation sites is 1. The molecule has 12 aromatic rings. The third-order valence-electron chi connectivity index (χ3n) is 18.1. The van der Waals surface area contributed by atoms with Crippen LogP contribution in [-0.4, -0.2) is 21.1 Å². The van der Waals surface area contributed by atoms with Crippen LogP contribution in [0.2, 0.25) is 0 Å². The van der Waals surface area contributed by atoms with E-state index in [1.54, 1.807) is 6.07 Å². The molecule has 0 N–H and O–H groups in total. The van der Waals surface area contributed by atoms with Crippen molar-refractivity contribution in [1.82, 2.24) is 14.4 Å². The van der Waals surface area contributed by atoms with Gasteiger partial charge in [0.25, 0.3) is 6.71 Å². The molecule has 3 aliphatic rings. The number of hydrogen-bond donors (Lipinski definition) is 0. The number of nitrogens with zero attached hydrogens (tertiary/aromatic N) is 5. The quantitative estimate of drug-likeness (QED) is 0.100. The Morgan fingerprint density at radius 1 is 0.517 bits per heavy atom. The van der Waals surface area contributed by atoms with E-state index in [2.05, 4.69) is 254 Å². The minimum atomic E-state index is -0.275. The molecule has 435 valence electrons. The second-order valence-electron chi connectivity index (χ2n) is 28.1. The molecule has 87 heavy (non-hydrogen) atoms. The number of imidazole rings is 1. The Balaban J connectivity index is 0.000000383. The third kappa shape index (κ3) is 9.89. The molecule has 0 saturated carbocycles. The molecule has 15 rings (SSSR count). The van der Waals surface area contributed by atoms with E-state index in [1.165, 1.54) is 111 Å². The van der Waals surface area contributed by atoms with Gasteiger partial charge in [-0.3, -0.25) is 9.37 Å². The number of fused-ring (bicyclic) bond motifs is 14. The Bertz CT molecular complexity index is 4770. The van der Waals surface area contributed by atoms with Crippen LogP contribution in [0.25, 0.3) is 60.7 Å². The summed E-state index contributed by atoms with van der Waals surface area (Å²) in [5.41, 5.74) is 27.2. The number of aryl methyl sites for hydroxylation is 2. The zero-order valence-electron chi connectivity index (χ0n) is 52.2. The smallest absolute Gasteiger partial charge is 0.252 e. The van der Waals surface area contributed by atoms with E-state index in [-0.39, 0.29) is 54.3 Å². The average molecular weight is 1330 g/mol. The third-order valence-corrected chi connectivity index (χ3v) is 19.1. The predicted molar refractivity (Wildman–Crippen MR) is 363 cm³/mol. The van der Waals surface area contributed by atoms with Crippen molar-refractivity contribution in [3.8, 4) is 22.4 Å². The van der Waals surface area contributed by atoms with Gasteiger partial charge in [-0.2, -0.15) is 0 Å². The molecule has 0 aliphatic carbocycles. The molecule has 0 spiro atoms. The Morgan fingerprint density at radius 2 is 1.16 bits per heavy atom. The molecule has 1 radical (unpaired) electrons. The fraction of sp³-hybridized carbons (Fsp3) is 0.231. The van der Waals surface area contributed by atoms with Crippen molar-refractivity contribution in [2.45, 2.75) is 128 Å². The van der Waals surface area contributed by atoms with Crippen molar-refractivity contribution in [2.24, 2.45) is 0 Å². The SMILES string of the molecule is CC(C)(C)c1ccc(N2c3ccc(C(C)(C)C)cc3B3c4cc(C(C)(C)C)cc5c4N(c4ccc(C(C)(C)C)cc4S5)c4cc(-c5ccc6nc7c8[c-]cccc8c8ccccc8n7c6c5)cc2c43)cc1.Cc1cnc(-c2[c-]cc(F)cc2)cc1C.[Ir]. The van der Waals surface area contributed by atoms with E-state index in [9.17, 15) is 4.39 Å². The van der Waals surface area contributed by atoms with Crippen molar-refractivity contribution in [2.75, 3.05) is 9.80 Å². The first-order chi connectivity index (χ1) is 40.9. The second kappa shape index (κ2) is 20.9. The monoisotopic (exact) mass is 1330 g/mol. The molecule has 3 aromatic heterocycles. The number of rotatable bonds is 3. The van der Waals surface area contributed by atoms with Gasteiger partial charge in [0, 0.05) is 70.2 Å². The van der Waals surface area contributed by atoms with Gasteiger partial charge < -0.3 is 19.2 Å². The van der Waals surface area contributed by atoms with Crippen molar-refractivity contribution < 1.29 is 24.5 Å². The van der Waals surface area contributed by atoms with Crippen LogP contribution in [0.4, 0.5) is 38.5 Å². The van der Waals surface area contributed by atoms with E-state index in [1.807, 2.05) is 43.9 Å². The molecule has 0 saturated heterocycles. The first kappa shape index (κ1) is 58.2. The van der Waals surface area contributed by atoms with E-state index in [0.717, 1.165) is 55.7 Å². The summed E-state index contributed by atoms with van der Waals surface area (Å²) in [6.45, 7) is 32.1. The summed E-state index contributed by atoms with van der Waals surface area (Å²) in [5.74, 6) is -0.275. The number of pyridine rings is 2. The molecule has 3 aliphatic heterocycles. The van der Waals surface area contributed by atoms with Crippen LogP contribution in [0, 0.1) is 31.8 Å². The summed E-state index contributed by atoms with van der Waals surface area (Å²) in [6, 6.07) is 68.8. The van der Waals surface area contributed by atoms with Gasteiger partial charge in [0.1, 0.15) is 0 Å². The molecule has 0 atom stereocenters. The van der Waals surface area contributed by atoms with Gasteiger partial charge in [-0.25, -0.2) is 0 Å². The number of hydrogen-bond acceptors (Lipinski definition) is 5. The van der Waals surface area contributed by atoms with Crippen LogP contribution in [0.3, 0.4) is 0 Å². The topological polar surface area (TPSA) is 36.7 Å². The molecular formula is C78H71BFIrN5S-2. The van der Waals surface area contributed by atoms with Crippen LogP contribution in [-0.2, 0) is 41.8 Å². The molecule has 0 unspecified atom stereocenters. The fourth-order valence-electron chi connectivity index (χ4n) is 13.0. The van der Waals surface area contributed by atoms with Gasteiger partial charge >= 0.3 is 0 Å². The van der Waals surface area contributed by atoms with Crippen LogP contribution in [0.1, 0.15) is 116 Å². The zero-order valence-corrected chi connectivity index (χ0v) is 55.4. The molecule has 5 nitrogen and oxygen atoms in total. The summed E-state index contributed by atoms with van der Waals surface area (Å²) in [5, 5.41) is 3.40. The van der Waals surface area contributed by atoms with Crippen molar-refractivity contribution in [3.63, 3.8) is 0 Å². The van der Waals surface area contributed by atoms with Crippen LogP contribution in [0.15, 0.2) is 186 Å². The average Bonchev–Trinajstić information content (AvgIpc) is 0.790.